The molecule has 0 aliphatic carbocycles. The molecule has 0 saturated carbocycles. The van der Waals surface area contributed by atoms with Crippen LogP contribution in [0.25, 0.3) is 16.9 Å². The quantitative estimate of drug-likeness (QED) is 0.482. The number of carbonyl (C=O) groups is 1. The topological polar surface area (TPSA) is 67.2 Å². The molecule has 4 aromatic rings. The number of hydrogen-bond acceptors (Lipinski definition) is 5. The summed E-state index contributed by atoms with van der Waals surface area (Å²) in [6, 6.07) is 15.8. The lowest BCUT2D eigenvalue weighted by molar-refractivity contribution is 0.0747. The Labute approximate surface area is 191 Å². The van der Waals surface area contributed by atoms with E-state index in [4.69, 9.17) is 5.10 Å². The summed E-state index contributed by atoms with van der Waals surface area (Å²) in [6.45, 7) is 4.45. The predicted octanol–water partition coefficient (Wildman–Crippen LogP) is 3.74. The lowest BCUT2D eigenvalue weighted by atomic mass is 10.1. The normalized spacial score (nSPS) is 13.9. The highest BCUT2D eigenvalue weighted by Crippen LogP contribution is 2.26. The van der Waals surface area contributed by atoms with E-state index in [2.05, 4.69) is 14.9 Å². The van der Waals surface area contributed by atoms with Crippen molar-refractivity contribution in [2.45, 2.75) is 6.92 Å². The zero-order valence-electron chi connectivity index (χ0n) is 18.2. The van der Waals surface area contributed by atoms with Gasteiger partial charge in [-0.15, -0.1) is 0 Å². The fourth-order valence-corrected chi connectivity index (χ4v) is 3.92. The standard InChI is InChI=1S/C25H23FN6O/c1-18-3-5-19(6-4-18)23-22(17-32(29-23)21-9-7-20(26)8-10-21)24(33)30-13-15-31(16-14-30)25-27-11-2-12-28-25/h2-12,17H,13-16H2,1H3. The molecular weight excluding hydrogens is 419 g/mol. The van der Waals surface area contributed by atoms with E-state index in [1.807, 2.05) is 36.1 Å². The van der Waals surface area contributed by atoms with E-state index in [1.54, 1.807) is 41.5 Å². The molecular formula is C25H23FN6O. The van der Waals surface area contributed by atoms with Gasteiger partial charge in [-0.05, 0) is 37.3 Å². The van der Waals surface area contributed by atoms with Crippen LogP contribution in [0.15, 0.2) is 73.2 Å². The second-order valence-corrected chi connectivity index (χ2v) is 8.01. The van der Waals surface area contributed by atoms with Crippen LogP contribution in [-0.2, 0) is 0 Å². The van der Waals surface area contributed by atoms with Gasteiger partial charge in [0.05, 0.1) is 11.3 Å². The Hall–Kier alpha value is -4.07. The molecule has 1 amide bonds. The Kier molecular flexibility index (Phi) is 5.56. The maximum atomic E-state index is 13.6. The third-order valence-corrected chi connectivity index (χ3v) is 5.76. The van der Waals surface area contributed by atoms with Gasteiger partial charge in [-0.3, -0.25) is 4.79 Å². The van der Waals surface area contributed by atoms with Crippen LogP contribution in [0.5, 0.6) is 0 Å². The van der Waals surface area contributed by atoms with Gasteiger partial charge in [0.1, 0.15) is 11.5 Å². The molecule has 0 spiro atoms. The minimum absolute atomic E-state index is 0.0763. The van der Waals surface area contributed by atoms with Crippen molar-refractivity contribution in [3.8, 4) is 16.9 Å². The molecule has 1 fully saturated rings. The molecule has 0 unspecified atom stereocenters. The molecule has 33 heavy (non-hydrogen) atoms. The number of carbonyl (C=O) groups excluding carboxylic acids is 1. The summed E-state index contributed by atoms with van der Waals surface area (Å²) >= 11 is 0. The fourth-order valence-electron chi connectivity index (χ4n) is 3.92. The average Bonchev–Trinajstić information content (AvgIpc) is 3.30. The molecule has 0 bridgehead atoms. The first-order chi connectivity index (χ1) is 16.1. The zero-order valence-corrected chi connectivity index (χ0v) is 18.2. The highest BCUT2D eigenvalue weighted by atomic mass is 19.1. The van der Waals surface area contributed by atoms with Crippen LogP contribution in [-0.4, -0.2) is 56.7 Å². The first kappa shape index (κ1) is 20.8. The van der Waals surface area contributed by atoms with Crippen LogP contribution in [0.4, 0.5) is 10.3 Å². The third-order valence-electron chi connectivity index (χ3n) is 5.76. The molecule has 1 saturated heterocycles. The van der Waals surface area contributed by atoms with E-state index < -0.39 is 0 Å². The molecule has 1 aliphatic rings. The second kappa shape index (κ2) is 8.82. The number of halogens is 1. The van der Waals surface area contributed by atoms with Crippen LogP contribution < -0.4 is 4.90 Å². The number of aryl methyl sites for hydroxylation is 1. The number of benzene rings is 2. The van der Waals surface area contributed by atoms with E-state index in [0.717, 1.165) is 11.1 Å². The van der Waals surface area contributed by atoms with Crippen molar-refractivity contribution < 1.29 is 9.18 Å². The van der Waals surface area contributed by atoms with Crippen LogP contribution in [0, 0.1) is 12.7 Å². The van der Waals surface area contributed by atoms with Crippen molar-refractivity contribution >= 4 is 11.9 Å². The zero-order chi connectivity index (χ0) is 22.8. The molecule has 8 heteroatoms. The van der Waals surface area contributed by atoms with Crippen LogP contribution in [0.2, 0.25) is 0 Å². The summed E-state index contributed by atoms with van der Waals surface area (Å²) in [6.07, 6.45) is 5.17. The van der Waals surface area contributed by atoms with Crippen molar-refractivity contribution in [1.29, 1.82) is 0 Å². The summed E-state index contributed by atoms with van der Waals surface area (Å²) in [5.41, 5.74) is 3.81. The monoisotopic (exact) mass is 442 g/mol. The lowest BCUT2D eigenvalue weighted by Crippen LogP contribution is -2.49. The Morgan fingerprint density at radius 3 is 2.24 bits per heavy atom. The molecule has 166 valence electrons. The van der Waals surface area contributed by atoms with Crippen LogP contribution in [0.3, 0.4) is 0 Å². The van der Waals surface area contributed by atoms with Gasteiger partial charge in [0.15, 0.2) is 0 Å². The summed E-state index contributed by atoms with van der Waals surface area (Å²) < 4.78 is 15.0. The molecule has 5 rings (SSSR count). The molecule has 7 nitrogen and oxygen atoms in total. The second-order valence-electron chi connectivity index (χ2n) is 8.01. The molecule has 0 radical (unpaired) electrons. The van der Waals surface area contributed by atoms with Gasteiger partial charge in [0, 0.05) is 50.3 Å². The van der Waals surface area contributed by atoms with Gasteiger partial charge in [-0.25, -0.2) is 19.0 Å². The highest BCUT2D eigenvalue weighted by Gasteiger charge is 2.27. The summed E-state index contributed by atoms with van der Waals surface area (Å²) in [4.78, 5) is 26.1. The smallest absolute Gasteiger partial charge is 0.257 e. The SMILES string of the molecule is Cc1ccc(-c2nn(-c3ccc(F)cc3)cc2C(=O)N2CCN(c3ncccn3)CC2)cc1. The number of piperazine rings is 1. The summed E-state index contributed by atoms with van der Waals surface area (Å²) in [5, 5.41) is 4.70. The van der Waals surface area contributed by atoms with Gasteiger partial charge in [0.25, 0.3) is 5.91 Å². The molecule has 2 aromatic heterocycles. The van der Waals surface area contributed by atoms with E-state index in [-0.39, 0.29) is 11.7 Å². The van der Waals surface area contributed by atoms with E-state index in [1.165, 1.54) is 12.1 Å². The van der Waals surface area contributed by atoms with E-state index >= 15 is 0 Å². The van der Waals surface area contributed by atoms with Crippen LogP contribution >= 0.6 is 0 Å². The fraction of sp³-hybridized carbons (Fsp3) is 0.200. The first-order valence-electron chi connectivity index (χ1n) is 10.8. The largest absolute Gasteiger partial charge is 0.337 e. The molecule has 2 aromatic carbocycles. The summed E-state index contributed by atoms with van der Waals surface area (Å²) in [7, 11) is 0. The minimum atomic E-state index is -0.318. The number of anilines is 1. The van der Waals surface area contributed by atoms with Crippen molar-refractivity contribution in [3.63, 3.8) is 0 Å². The maximum Gasteiger partial charge on any atom is 0.257 e. The van der Waals surface area contributed by atoms with Crippen molar-refractivity contribution in [1.82, 2.24) is 24.6 Å². The molecule has 3 heterocycles. The minimum Gasteiger partial charge on any atom is -0.337 e. The predicted molar refractivity (Wildman–Crippen MR) is 124 cm³/mol. The van der Waals surface area contributed by atoms with Crippen molar-refractivity contribution in [2.75, 3.05) is 31.1 Å². The maximum absolute atomic E-state index is 13.6. The van der Waals surface area contributed by atoms with Gasteiger partial charge >= 0.3 is 0 Å². The van der Waals surface area contributed by atoms with Crippen molar-refractivity contribution in [2.24, 2.45) is 0 Å². The number of aromatic nitrogens is 4. The number of amides is 1. The Morgan fingerprint density at radius 2 is 1.58 bits per heavy atom. The lowest BCUT2D eigenvalue weighted by Gasteiger charge is -2.34. The van der Waals surface area contributed by atoms with Gasteiger partial charge < -0.3 is 9.80 Å². The first-order valence-corrected chi connectivity index (χ1v) is 10.8. The van der Waals surface area contributed by atoms with E-state index in [0.29, 0.717) is 49.1 Å². The number of nitrogens with zero attached hydrogens (tertiary/aromatic N) is 6. The Balaban J connectivity index is 1.44. The Morgan fingerprint density at radius 1 is 0.909 bits per heavy atom. The average molecular weight is 442 g/mol. The van der Waals surface area contributed by atoms with Gasteiger partial charge in [-0.2, -0.15) is 5.10 Å². The molecule has 0 atom stereocenters. The third kappa shape index (κ3) is 4.32. The molecule has 1 aliphatic heterocycles. The van der Waals surface area contributed by atoms with Crippen LogP contribution in [0.1, 0.15) is 15.9 Å². The van der Waals surface area contributed by atoms with Crippen molar-refractivity contribution in [3.05, 3.63) is 90.1 Å². The Bertz CT molecular complexity index is 1250. The molecule has 0 N–H and O–H groups in total. The summed E-state index contributed by atoms with van der Waals surface area (Å²) in [5.74, 6) is 0.280. The van der Waals surface area contributed by atoms with Gasteiger partial charge in [-0.1, -0.05) is 29.8 Å². The van der Waals surface area contributed by atoms with Gasteiger partial charge in [0.2, 0.25) is 5.95 Å². The van der Waals surface area contributed by atoms with E-state index in [9.17, 15) is 9.18 Å². The highest BCUT2D eigenvalue weighted by molar-refractivity contribution is 6.00. The number of rotatable bonds is 4. The number of hydrogen-bond donors (Lipinski definition) is 0.